The van der Waals surface area contributed by atoms with E-state index in [-0.39, 0.29) is 11.8 Å². The zero-order valence-corrected chi connectivity index (χ0v) is 11.0. The number of hydrogen-bond acceptors (Lipinski definition) is 2. The van der Waals surface area contributed by atoms with Crippen molar-refractivity contribution in [2.75, 3.05) is 5.75 Å². The molecule has 0 aliphatic heterocycles. The maximum atomic E-state index is 11.5. The highest BCUT2D eigenvalue weighted by Crippen LogP contribution is 2.16. The summed E-state index contributed by atoms with van der Waals surface area (Å²) in [6.07, 6.45) is 0.614. The smallest absolute Gasteiger partial charge is 0.212 e. The second kappa shape index (κ2) is 5.66. The lowest BCUT2D eigenvalue weighted by molar-refractivity contribution is 0.565. The fraction of sp³-hybridized carbons (Fsp3) is 0.455. The van der Waals surface area contributed by atoms with E-state index in [0.29, 0.717) is 11.4 Å². The molecule has 0 amide bonds. The molecule has 0 aromatic heterocycles. The summed E-state index contributed by atoms with van der Waals surface area (Å²) in [6, 6.07) is 6.92. The maximum absolute atomic E-state index is 11.5. The minimum Gasteiger partial charge on any atom is -0.212 e. The molecule has 0 bridgehead atoms. The molecular formula is C11H16ClNO2S. The summed E-state index contributed by atoms with van der Waals surface area (Å²) in [5.74, 6) is 0.158. The highest BCUT2D eigenvalue weighted by molar-refractivity contribution is 7.89. The van der Waals surface area contributed by atoms with E-state index in [1.807, 2.05) is 26.0 Å². The Morgan fingerprint density at radius 1 is 1.31 bits per heavy atom. The summed E-state index contributed by atoms with van der Waals surface area (Å²) in [6.45, 7) is 3.66. The van der Waals surface area contributed by atoms with Crippen molar-refractivity contribution in [1.82, 2.24) is 4.72 Å². The van der Waals surface area contributed by atoms with Gasteiger partial charge in [0.2, 0.25) is 10.0 Å². The van der Waals surface area contributed by atoms with Gasteiger partial charge in [-0.25, -0.2) is 13.1 Å². The van der Waals surface area contributed by atoms with Gasteiger partial charge in [0.25, 0.3) is 0 Å². The van der Waals surface area contributed by atoms with Gasteiger partial charge in [-0.3, -0.25) is 0 Å². The van der Waals surface area contributed by atoms with Gasteiger partial charge in [0.1, 0.15) is 0 Å². The summed E-state index contributed by atoms with van der Waals surface area (Å²) >= 11 is 5.76. The molecule has 1 rings (SSSR count). The summed E-state index contributed by atoms with van der Waals surface area (Å²) < 4.78 is 25.7. The molecule has 1 unspecified atom stereocenters. The lowest BCUT2D eigenvalue weighted by Crippen LogP contribution is -2.28. The van der Waals surface area contributed by atoms with Crippen LogP contribution in [0.3, 0.4) is 0 Å². The zero-order valence-electron chi connectivity index (χ0n) is 9.40. The number of nitrogens with one attached hydrogen (secondary N) is 1. The van der Waals surface area contributed by atoms with E-state index in [2.05, 4.69) is 4.72 Å². The molecule has 0 spiro atoms. The first-order valence-corrected chi connectivity index (χ1v) is 7.23. The Labute approximate surface area is 102 Å². The van der Waals surface area contributed by atoms with E-state index in [1.54, 1.807) is 12.1 Å². The first-order chi connectivity index (χ1) is 7.44. The maximum Gasteiger partial charge on any atom is 0.212 e. The number of benzene rings is 1. The Morgan fingerprint density at radius 3 is 2.38 bits per heavy atom. The molecule has 1 N–H and O–H groups in total. The van der Waals surface area contributed by atoms with Crippen LogP contribution in [0.4, 0.5) is 0 Å². The van der Waals surface area contributed by atoms with Gasteiger partial charge in [0.15, 0.2) is 0 Å². The van der Waals surface area contributed by atoms with E-state index >= 15 is 0 Å². The summed E-state index contributed by atoms with van der Waals surface area (Å²) in [4.78, 5) is 0. The monoisotopic (exact) mass is 261 g/mol. The van der Waals surface area contributed by atoms with Crippen LogP contribution in [0.25, 0.3) is 0 Å². The van der Waals surface area contributed by atoms with Crippen LogP contribution in [0, 0.1) is 0 Å². The van der Waals surface area contributed by atoms with Crippen LogP contribution in [0.1, 0.15) is 31.9 Å². The van der Waals surface area contributed by atoms with Gasteiger partial charge in [0, 0.05) is 11.1 Å². The molecule has 0 heterocycles. The molecule has 0 saturated carbocycles. The normalized spacial score (nSPS) is 13.7. The molecule has 16 heavy (non-hydrogen) atoms. The van der Waals surface area contributed by atoms with Crippen LogP contribution in [-0.2, 0) is 10.0 Å². The van der Waals surface area contributed by atoms with Crippen molar-refractivity contribution < 1.29 is 8.42 Å². The van der Waals surface area contributed by atoms with Crippen molar-refractivity contribution in [3.05, 3.63) is 34.9 Å². The van der Waals surface area contributed by atoms with E-state index in [1.165, 1.54) is 0 Å². The molecule has 3 nitrogen and oxygen atoms in total. The third-order valence-corrected chi connectivity index (χ3v) is 4.11. The largest absolute Gasteiger partial charge is 0.212 e. The molecule has 0 aliphatic carbocycles. The van der Waals surface area contributed by atoms with Gasteiger partial charge in [-0.05, 0) is 31.0 Å². The lowest BCUT2D eigenvalue weighted by Gasteiger charge is -2.14. The second-order valence-electron chi connectivity index (χ2n) is 3.71. The molecule has 1 aromatic carbocycles. The number of sulfonamides is 1. The van der Waals surface area contributed by atoms with Crippen LogP contribution >= 0.6 is 11.6 Å². The molecule has 0 aliphatic rings. The lowest BCUT2D eigenvalue weighted by atomic mass is 10.1. The van der Waals surface area contributed by atoms with Crippen molar-refractivity contribution in [2.45, 2.75) is 26.3 Å². The molecule has 0 fully saturated rings. The topological polar surface area (TPSA) is 46.2 Å². The predicted molar refractivity (Wildman–Crippen MR) is 67.1 cm³/mol. The van der Waals surface area contributed by atoms with Crippen LogP contribution in [0.5, 0.6) is 0 Å². The fourth-order valence-electron chi connectivity index (χ4n) is 1.42. The molecule has 0 saturated heterocycles. The summed E-state index contributed by atoms with van der Waals surface area (Å²) in [5.41, 5.74) is 0.907. The Hall–Kier alpha value is -0.580. The number of hydrogen-bond donors (Lipinski definition) is 1. The Kier molecular flexibility index (Phi) is 4.77. The van der Waals surface area contributed by atoms with Gasteiger partial charge < -0.3 is 0 Å². The summed E-state index contributed by atoms with van der Waals surface area (Å²) in [5, 5.41) is 0.646. The fourth-order valence-corrected chi connectivity index (χ4v) is 2.87. The van der Waals surface area contributed by atoms with Gasteiger partial charge in [-0.2, -0.15) is 0 Å². The molecule has 90 valence electrons. The third kappa shape index (κ3) is 4.12. The van der Waals surface area contributed by atoms with Crippen molar-refractivity contribution >= 4 is 21.6 Å². The van der Waals surface area contributed by atoms with Crippen LogP contribution < -0.4 is 4.72 Å². The molecule has 5 heteroatoms. The first-order valence-electron chi connectivity index (χ1n) is 5.20. The third-order valence-electron chi connectivity index (χ3n) is 2.20. The van der Waals surface area contributed by atoms with Crippen LogP contribution in [-0.4, -0.2) is 14.2 Å². The minimum atomic E-state index is -3.17. The standard InChI is InChI=1S/C11H16ClNO2S/c1-3-8-16(14,15)13-9(2)10-4-6-11(12)7-5-10/h4-7,9,13H,3,8H2,1-2H3. The van der Waals surface area contributed by atoms with Crippen molar-refractivity contribution in [3.63, 3.8) is 0 Å². The molecule has 1 aromatic rings. The highest BCUT2D eigenvalue weighted by atomic mass is 35.5. The highest BCUT2D eigenvalue weighted by Gasteiger charge is 2.14. The number of rotatable bonds is 5. The van der Waals surface area contributed by atoms with Crippen LogP contribution in [0.15, 0.2) is 24.3 Å². The molecular weight excluding hydrogens is 246 g/mol. The van der Waals surface area contributed by atoms with Crippen molar-refractivity contribution in [1.29, 1.82) is 0 Å². The molecule has 1 atom stereocenters. The SMILES string of the molecule is CCCS(=O)(=O)NC(C)c1ccc(Cl)cc1. The van der Waals surface area contributed by atoms with E-state index in [4.69, 9.17) is 11.6 Å². The Bertz CT molecular complexity index is 428. The predicted octanol–water partition coefficient (Wildman–Crippen LogP) is 2.73. The number of halogens is 1. The van der Waals surface area contributed by atoms with E-state index in [9.17, 15) is 8.42 Å². The quantitative estimate of drug-likeness (QED) is 0.886. The van der Waals surface area contributed by atoms with E-state index < -0.39 is 10.0 Å². The van der Waals surface area contributed by atoms with Crippen molar-refractivity contribution in [3.8, 4) is 0 Å². The Morgan fingerprint density at radius 2 is 1.88 bits per heavy atom. The average Bonchev–Trinajstić information content (AvgIpc) is 2.17. The minimum absolute atomic E-state index is 0.158. The zero-order chi connectivity index (χ0) is 12.2. The average molecular weight is 262 g/mol. The van der Waals surface area contributed by atoms with Gasteiger partial charge >= 0.3 is 0 Å². The van der Waals surface area contributed by atoms with Crippen molar-refractivity contribution in [2.24, 2.45) is 0 Å². The second-order valence-corrected chi connectivity index (χ2v) is 6.02. The van der Waals surface area contributed by atoms with E-state index in [0.717, 1.165) is 5.56 Å². The summed E-state index contributed by atoms with van der Waals surface area (Å²) in [7, 11) is -3.17. The van der Waals surface area contributed by atoms with Gasteiger partial charge in [0.05, 0.1) is 5.75 Å². The van der Waals surface area contributed by atoms with Crippen LogP contribution in [0.2, 0.25) is 5.02 Å². The van der Waals surface area contributed by atoms with Gasteiger partial charge in [-0.15, -0.1) is 0 Å². The first kappa shape index (κ1) is 13.5. The van der Waals surface area contributed by atoms with Gasteiger partial charge in [-0.1, -0.05) is 30.7 Å². The Balaban J connectivity index is 2.72. The molecule has 0 radical (unpaired) electrons.